The normalized spacial score (nSPS) is 32.1. The summed E-state index contributed by atoms with van der Waals surface area (Å²) in [5.74, 6) is -0.118. The van der Waals surface area contributed by atoms with Crippen molar-refractivity contribution >= 4 is 5.91 Å². The van der Waals surface area contributed by atoms with E-state index in [4.69, 9.17) is 0 Å². The van der Waals surface area contributed by atoms with Gasteiger partial charge in [0, 0.05) is 20.0 Å². The number of aliphatic hydroxyl groups is 1. The third-order valence-corrected chi connectivity index (χ3v) is 2.50. The summed E-state index contributed by atoms with van der Waals surface area (Å²) in [4.78, 5) is 12.9. The molecule has 0 aromatic carbocycles. The second-order valence-electron chi connectivity index (χ2n) is 3.56. The van der Waals surface area contributed by atoms with Gasteiger partial charge in [0.15, 0.2) is 0 Å². The SMILES string of the molecule is CC(C)C1(O)CCN(C)C1=O. The quantitative estimate of drug-likeness (QED) is 0.592. The Hall–Kier alpha value is -0.570. The van der Waals surface area contributed by atoms with Gasteiger partial charge in [-0.25, -0.2) is 0 Å². The Bertz CT molecular complexity index is 179. The molecule has 0 aliphatic carbocycles. The zero-order valence-corrected chi connectivity index (χ0v) is 7.29. The Kier molecular flexibility index (Phi) is 1.92. The first-order valence-electron chi connectivity index (χ1n) is 3.96. The van der Waals surface area contributed by atoms with Gasteiger partial charge >= 0.3 is 0 Å². The highest BCUT2D eigenvalue weighted by atomic mass is 16.3. The van der Waals surface area contributed by atoms with Gasteiger partial charge in [-0.3, -0.25) is 4.79 Å². The molecule has 3 heteroatoms. The number of likely N-dealkylation sites (tertiary alicyclic amines) is 1. The fraction of sp³-hybridized carbons (Fsp3) is 0.875. The molecule has 1 rings (SSSR count). The lowest BCUT2D eigenvalue weighted by Gasteiger charge is -2.24. The zero-order chi connectivity index (χ0) is 8.65. The summed E-state index contributed by atoms with van der Waals surface area (Å²) in [6, 6.07) is 0. The molecule has 64 valence electrons. The first-order valence-corrected chi connectivity index (χ1v) is 3.96. The van der Waals surface area contributed by atoms with Gasteiger partial charge in [-0.15, -0.1) is 0 Å². The van der Waals surface area contributed by atoms with Gasteiger partial charge in [0.1, 0.15) is 5.60 Å². The van der Waals surface area contributed by atoms with E-state index in [1.165, 1.54) is 0 Å². The van der Waals surface area contributed by atoms with Crippen molar-refractivity contribution in [3.63, 3.8) is 0 Å². The van der Waals surface area contributed by atoms with E-state index in [-0.39, 0.29) is 11.8 Å². The fourth-order valence-corrected chi connectivity index (χ4v) is 1.41. The van der Waals surface area contributed by atoms with Crippen LogP contribution in [0.15, 0.2) is 0 Å². The minimum atomic E-state index is -1.09. The third-order valence-electron chi connectivity index (χ3n) is 2.50. The van der Waals surface area contributed by atoms with Gasteiger partial charge < -0.3 is 10.0 Å². The smallest absolute Gasteiger partial charge is 0.254 e. The summed E-state index contributed by atoms with van der Waals surface area (Å²) in [7, 11) is 1.72. The lowest BCUT2D eigenvalue weighted by atomic mass is 9.89. The molecule has 1 amide bonds. The van der Waals surface area contributed by atoms with Crippen LogP contribution in [0.3, 0.4) is 0 Å². The number of carbonyl (C=O) groups excluding carboxylic acids is 1. The van der Waals surface area contributed by atoms with Crippen molar-refractivity contribution in [2.45, 2.75) is 25.9 Å². The summed E-state index contributed by atoms with van der Waals surface area (Å²) >= 11 is 0. The van der Waals surface area contributed by atoms with Gasteiger partial charge in [-0.2, -0.15) is 0 Å². The largest absolute Gasteiger partial charge is 0.380 e. The van der Waals surface area contributed by atoms with Crippen molar-refractivity contribution in [1.29, 1.82) is 0 Å². The molecule has 1 N–H and O–H groups in total. The average molecular weight is 157 g/mol. The molecule has 1 heterocycles. The summed E-state index contributed by atoms with van der Waals surface area (Å²) < 4.78 is 0. The molecule has 1 saturated heterocycles. The zero-order valence-electron chi connectivity index (χ0n) is 7.29. The van der Waals surface area contributed by atoms with E-state index >= 15 is 0 Å². The molecule has 1 aliphatic heterocycles. The van der Waals surface area contributed by atoms with Crippen molar-refractivity contribution in [3.8, 4) is 0 Å². The number of hydrogen-bond acceptors (Lipinski definition) is 2. The lowest BCUT2D eigenvalue weighted by molar-refractivity contribution is -0.146. The van der Waals surface area contributed by atoms with Crippen molar-refractivity contribution in [1.82, 2.24) is 4.90 Å². The van der Waals surface area contributed by atoms with E-state index in [0.717, 1.165) is 0 Å². The molecular weight excluding hydrogens is 142 g/mol. The first kappa shape index (κ1) is 8.53. The van der Waals surface area contributed by atoms with Crippen LogP contribution < -0.4 is 0 Å². The van der Waals surface area contributed by atoms with E-state index < -0.39 is 5.60 Å². The maximum atomic E-state index is 11.3. The predicted molar refractivity (Wildman–Crippen MR) is 42.0 cm³/mol. The number of hydrogen-bond donors (Lipinski definition) is 1. The van der Waals surface area contributed by atoms with Crippen LogP contribution in [0.25, 0.3) is 0 Å². The molecule has 0 spiro atoms. The maximum absolute atomic E-state index is 11.3. The van der Waals surface area contributed by atoms with Crippen molar-refractivity contribution < 1.29 is 9.90 Å². The highest BCUT2D eigenvalue weighted by Gasteiger charge is 2.45. The number of likely N-dealkylation sites (N-methyl/N-ethyl adjacent to an activating group) is 1. The molecule has 0 radical (unpaired) electrons. The molecular formula is C8H15NO2. The second kappa shape index (κ2) is 2.48. The molecule has 0 bridgehead atoms. The monoisotopic (exact) mass is 157 g/mol. The Morgan fingerprint density at radius 3 is 2.36 bits per heavy atom. The summed E-state index contributed by atoms with van der Waals surface area (Å²) in [6.45, 7) is 4.42. The third kappa shape index (κ3) is 1.13. The van der Waals surface area contributed by atoms with Gasteiger partial charge in [-0.05, 0) is 5.92 Å². The molecule has 11 heavy (non-hydrogen) atoms. The Morgan fingerprint density at radius 2 is 2.18 bits per heavy atom. The van der Waals surface area contributed by atoms with Crippen LogP contribution in [0.2, 0.25) is 0 Å². The topological polar surface area (TPSA) is 40.5 Å². The van der Waals surface area contributed by atoms with Crippen molar-refractivity contribution in [2.75, 3.05) is 13.6 Å². The van der Waals surface area contributed by atoms with Crippen LogP contribution in [-0.4, -0.2) is 35.1 Å². The van der Waals surface area contributed by atoms with Crippen LogP contribution >= 0.6 is 0 Å². The number of nitrogens with zero attached hydrogens (tertiary/aromatic N) is 1. The van der Waals surface area contributed by atoms with E-state index in [0.29, 0.717) is 13.0 Å². The van der Waals surface area contributed by atoms with Crippen LogP contribution in [0, 0.1) is 5.92 Å². The van der Waals surface area contributed by atoms with Gasteiger partial charge in [-0.1, -0.05) is 13.8 Å². The number of carbonyl (C=O) groups is 1. The molecule has 1 unspecified atom stereocenters. The molecule has 3 nitrogen and oxygen atoms in total. The average Bonchev–Trinajstić information content (AvgIpc) is 2.18. The Balaban J connectivity index is 2.81. The van der Waals surface area contributed by atoms with Crippen LogP contribution in [0.4, 0.5) is 0 Å². The van der Waals surface area contributed by atoms with Crippen LogP contribution in [0.5, 0.6) is 0 Å². The standard InChI is InChI=1S/C8H15NO2/c1-6(2)8(11)4-5-9(3)7(8)10/h6,11H,4-5H2,1-3H3. The molecule has 0 aromatic heterocycles. The van der Waals surface area contributed by atoms with Gasteiger partial charge in [0.2, 0.25) is 0 Å². The summed E-state index contributed by atoms with van der Waals surface area (Å²) in [5, 5.41) is 9.82. The maximum Gasteiger partial charge on any atom is 0.254 e. The Labute approximate surface area is 67.0 Å². The number of amides is 1. The summed E-state index contributed by atoms with van der Waals surface area (Å²) in [6.07, 6.45) is 0.569. The van der Waals surface area contributed by atoms with E-state index in [9.17, 15) is 9.90 Å². The minimum absolute atomic E-state index is 0.0138. The Morgan fingerprint density at radius 1 is 1.64 bits per heavy atom. The van der Waals surface area contributed by atoms with Crippen LogP contribution in [-0.2, 0) is 4.79 Å². The van der Waals surface area contributed by atoms with E-state index in [2.05, 4.69) is 0 Å². The van der Waals surface area contributed by atoms with Crippen molar-refractivity contribution in [3.05, 3.63) is 0 Å². The fourth-order valence-electron chi connectivity index (χ4n) is 1.41. The molecule has 1 atom stereocenters. The van der Waals surface area contributed by atoms with Crippen LogP contribution in [0.1, 0.15) is 20.3 Å². The van der Waals surface area contributed by atoms with Gasteiger partial charge in [0.05, 0.1) is 0 Å². The second-order valence-corrected chi connectivity index (χ2v) is 3.56. The molecule has 1 aliphatic rings. The van der Waals surface area contributed by atoms with E-state index in [1.54, 1.807) is 11.9 Å². The number of rotatable bonds is 1. The molecule has 1 fully saturated rings. The van der Waals surface area contributed by atoms with Gasteiger partial charge in [0.25, 0.3) is 5.91 Å². The van der Waals surface area contributed by atoms with E-state index in [1.807, 2.05) is 13.8 Å². The molecule has 0 aromatic rings. The minimum Gasteiger partial charge on any atom is -0.380 e. The summed E-state index contributed by atoms with van der Waals surface area (Å²) in [5.41, 5.74) is -1.09. The highest BCUT2D eigenvalue weighted by molar-refractivity contribution is 5.87. The first-order chi connectivity index (χ1) is 4.98. The highest BCUT2D eigenvalue weighted by Crippen LogP contribution is 2.28. The van der Waals surface area contributed by atoms with Crippen molar-refractivity contribution in [2.24, 2.45) is 5.92 Å². The lowest BCUT2D eigenvalue weighted by Crippen LogP contribution is -2.43. The molecule has 0 saturated carbocycles. The predicted octanol–water partition coefficient (Wildman–Crippen LogP) is 0.236.